The monoisotopic (exact) mass is 269 g/mol. The standard InChI is InChI=1S/C15H27NO3/c17-9-13-7-11-6-12(8-16-15(11)19-13)14(18)10-4-2-1-3-5-10/h10-18H,1-9H2. The van der Waals surface area contributed by atoms with Gasteiger partial charge >= 0.3 is 0 Å². The lowest BCUT2D eigenvalue weighted by molar-refractivity contribution is -0.0459. The van der Waals surface area contributed by atoms with Crippen LogP contribution in [0.5, 0.6) is 0 Å². The van der Waals surface area contributed by atoms with Gasteiger partial charge in [0, 0.05) is 12.5 Å². The number of hydrogen-bond acceptors (Lipinski definition) is 4. The molecule has 0 spiro atoms. The van der Waals surface area contributed by atoms with Crippen molar-refractivity contribution in [2.45, 2.75) is 63.4 Å². The summed E-state index contributed by atoms with van der Waals surface area (Å²) in [7, 11) is 0. The highest BCUT2D eigenvalue weighted by Crippen LogP contribution is 2.38. The molecule has 1 saturated carbocycles. The molecule has 3 fully saturated rings. The van der Waals surface area contributed by atoms with Crippen LogP contribution in [0, 0.1) is 17.8 Å². The number of nitrogens with one attached hydrogen (secondary N) is 1. The van der Waals surface area contributed by atoms with Gasteiger partial charge in [0.25, 0.3) is 0 Å². The van der Waals surface area contributed by atoms with E-state index in [-0.39, 0.29) is 25.0 Å². The van der Waals surface area contributed by atoms with Crippen molar-refractivity contribution in [1.82, 2.24) is 5.32 Å². The van der Waals surface area contributed by atoms with Gasteiger partial charge in [-0.05, 0) is 37.5 Å². The summed E-state index contributed by atoms with van der Waals surface area (Å²) in [6, 6.07) is 0. The fourth-order valence-corrected chi connectivity index (χ4v) is 4.25. The minimum absolute atomic E-state index is 0.00641. The van der Waals surface area contributed by atoms with Crippen LogP contribution in [-0.2, 0) is 4.74 Å². The fourth-order valence-electron chi connectivity index (χ4n) is 4.25. The zero-order valence-electron chi connectivity index (χ0n) is 11.6. The average Bonchev–Trinajstić information content (AvgIpc) is 2.89. The Hall–Kier alpha value is -0.160. The molecule has 1 aliphatic carbocycles. The van der Waals surface area contributed by atoms with Crippen LogP contribution in [0.2, 0.25) is 0 Å². The zero-order valence-corrected chi connectivity index (χ0v) is 11.6. The van der Waals surface area contributed by atoms with E-state index in [1.54, 1.807) is 0 Å². The predicted octanol–water partition coefficient (Wildman–Crippen LogP) is 1.26. The van der Waals surface area contributed by atoms with Crippen LogP contribution in [-0.4, -0.2) is 41.8 Å². The van der Waals surface area contributed by atoms with Gasteiger partial charge in [-0.15, -0.1) is 0 Å². The number of rotatable bonds is 3. The number of fused-ring (bicyclic) bond motifs is 1. The third-order valence-electron chi connectivity index (χ3n) is 5.34. The maximum Gasteiger partial charge on any atom is 0.111 e. The van der Waals surface area contributed by atoms with Gasteiger partial charge in [0.2, 0.25) is 0 Å². The van der Waals surface area contributed by atoms with Crippen LogP contribution < -0.4 is 5.32 Å². The highest BCUT2D eigenvalue weighted by molar-refractivity contribution is 4.91. The predicted molar refractivity (Wildman–Crippen MR) is 72.5 cm³/mol. The van der Waals surface area contributed by atoms with Gasteiger partial charge in [-0.3, -0.25) is 5.32 Å². The fraction of sp³-hybridized carbons (Fsp3) is 1.00. The van der Waals surface area contributed by atoms with Gasteiger partial charge in [-0.25, -0.2) is 0 Å². The Balaban J connectivity index is 1.55. The van der Waals surface area contributed by atoms with E-state index in [0.29, 0.717) is 17.8 Å². The van der Waals surface area contributed by atoms with Gasteiger partial charge in [0.15, 0.2) is 0 Å². The highest BCUT2D eigenvalue weighted by Gasteiger charge is 2.42. The Morgan fingerprint density at radius 3 is 2.63 bits per heavy atom. The Morgan fingerprint density at radius 1 is 1.11 bits per heavy atom. The molecular weight excluding hydrogens is 242 g/mol. The Bertz CT molecular complexity index is 293. The normalized spacial score (nSPS) is 42.0. The van der Waals surface area contributed by atoms with Gasteiger partial charge < -0.3 is 14.9 Å². The first-order valence-electron chi connectivity index (χ1n) is 7.95. The summed E-state index contributed by atoms with van der Waals surface area (Å²) < 4.78 is 5.75. The van der Waals surface area contributed by atoms with E-state index in [0.717, 1.165) is 19.4 Å². The molecule has 3 N–H and O–H groups in total. The largest absolute Gasteiger partial charge is 0.394 e. The highest BCUT2D eigenvalue weighted by atomic mass is 16.5. The molecule has 5 unspecified atom stereocenters. The quantitative estimate of drug-likeness (QED) is 0.722. The third kappa shape index (κ3) is 2.97. The second kappa shape index (κ2) is 6.08. The molecule has 19 heavy (non-hydrogen) atoms. The molecule has 110 valence electrons. The molecule has 5 atom stereocenters. The Morgan fingerprint density at radius 2 is 1.89 bits per heavy atom. The topological polar surface area (TPSA) is 61.7 Å². The second-order valence-corrected chi connectivity index (χ2v) is 6.65. The van der Waals surface area contributed by atoms with Crippen molar-refractivity contribution in [2.75, 3.05) is 13.2 Å². The van der Waals surface area contributed by atoms with Crippen molar-refractivity contribution >= 4 is 0 Å². The molecular formula is C15H27NO3. The van der Waals surface area contributed by atoms with E-state index in [9.17, 15) is 10.2 Å². The molecule has 2 saturated heterocycles. The van der Waals surface area contributed by atoms with Crippen molar-refractivity contribution < 1.29 is 14.9 Å². The minimum Gasteiger partial charge on any atom is -0.394 e. The van der Waals surface area contributed by atoms with Gasteiger partial charge in [0.05, 0.1) is 18.8 Å². The van der Waals surface area contributed by atoms with E-state index in [4.69, 9.17) is 4.74 Å². The van der Waals surface area contributed by atoms with Gasteiger partial charge in [-0.1, -0.05) is 19.3 Å². The van der Waals surface area contributed by atoms with Crippen molar-refractivity contribution in [2.24, 2.45) is 17.8 Å². The van der Waals surface area contributed by atoms with E-state index >= 15 is 0 Å². The summed E-state index contributed by atoms with van der Waals surface area (Å²) in [4.78, 5) is 0. The number of piperidine rings is 1. The molecule has 3 rings (SSSR count). The van der Waals surface area contributed by atoms with E-state index in [2.05, 4.69) is 5.32 Å². The first-order chi connectivity index (χ1) is 9.28. The SMILES string of the molecule is OCC1CC2CC(C(O)C3CCCCC3)CNC2O1. The Labute approximate surface area is 115 Å². The van der Waals surface area contributed by atoms with Gasteiger partial charge in [0.1, 0.15) is 6.23 Å². The lowest BCUT2D eigenvalue weighted by Crippen LogP contribution is -2.48. The molecule has 0 aromatic heterocycles. The van der Waals surface area contributed by atoms with Crippen LogP contribution in [0.15, 0.2) is 0 Å². The lowest BCUT2D eigenvalue weighted by Gasteiger charge is -2.38. The summed E-state index contributed by atoms with van der Waals surface area (Å²) in [5, 5.41) is 23.2. The molecule has 3 aliphatic rings. The smallest absolute Gasteiger partial charge is 0.111 e. The van der Waals surface area contributed by atoms with Crippen molar-refractivity contribution in [3.63, 3.8) is 0 Å². The average molecular weight is 269 g/mol. The number of ether oxygens (including phenoxy) is 1. The summed E-state index contributed by atoms with van der Waals surface area (Å²) >= 11 is 0. The van der Waals surface area contributed by atoms with E-state index < -0.39 is 0 Å². The first-order valence-corrected chi connectivity index (χ1v) is 7.95. The van der Waals surface area contributed by atoms with Crippen molar-refractivity contribution in [1.29, 1.82) is 0 Å². The minimum atomic E-state index is -0.151. The second-order valence-electron chi connectivity index (χ2n) is 6.65. The van der Waals surface area contributed by atoms with Crippen LogP contribution in [0.1, 0.15) is 44.9 Å². The van der Waals surface area contributed by atoms with Crippen LogP contribution in [0.4, 0.5) is 0 Å². The summed E-state index contributed by atoms with van der Waals surface area (Å²) in [5.74, 6) is 1.34. The summed E-state index contributed by atoms with van der Waals surface area (Å²) in [6.45, 7) is 0.974. The van der Waals surface area contributed by atoms with Crippen molar-refractivity contribution in [3.8, 4) is 0 Å². The number of hydrogen-bond donors (Lipinski definition) is 3. The molecule has 0 aromatic carbocycles. The molecule has 4 heteroatoms. The molecule has 2 heterocycles. The molecule has 2 aliphatic heterocycles. The van der Waals surface area contributed by atoms with E-state index in [1.807, 2.05) is 0 Å². The first kappa shape index (κ1) is 13.8. The molecule has 0 amide bonds. The van der Waals surface area contributed by atoms with Crippen LogP contribution in [0.25, 0.3) is 0 Å². The maximum absolute atomic E-state index is 10.6. The van der Waals surface area contributed by atoms with Crippen LogP contribution in [0.3, 0.4) is 0 Å². The summed E-state index contributed by atoms with van der Waals surface area (Å²) in [6.07, 6.45) is 8.22. The number of aliphatic hydroxyl groups excluding tert-OH is 2. The lowest BCUT2D eigenvalue weighted by atomic mass is 9.76. The maximum atomic E-state index is 10.6. The third-order valence-corrected chi connectivity index (χ3v) is 5.34. The van der Waals surface area contributed by atoms with E-state index in [1.165, 1.54) is 32.1 Å². The van der Waals surface area contributed by atoms with Crippen LogP contribution >= 0.6 is 0 Å². The molecule has 0 radical (unpaired) electrons. The zero-order chi connectivity index (χ0) is 13.2. The summed E-state index contributed by atoms with van der Waals surface area (Å²) in [5.41, 5.74) is 0. The molecule has 0 aromatic rings. The van der Waals surface area contributed by atoms with Gasteiger partial charge in [-0.2, -0.15) is 0 Å². The van der Waals surface area contributed by atoms with Crippen molar-refractivity contribution in [3.05, 3.63) is 0 Å². The molecule has 0 bridgehead atoms. The number of aliphatic hydroxyl groups is 2. The Kier molecular flexibility index (Phi) is 4.42. The molecule has 4 nitrogen and oxygen atoms in total.